The lowest BCUT2D eigenvalue weighted by Crippen LogP contribution is -2.48. The molecule has 0 aromatic heterocycles. The molecule has 1 amide bonds. The molecule has 0 aliphatic heterocycles. The molecule has 3 aromatic carbocycles. The molecule has 7 heteroatoms. The van der Waals surface area contributed by atoms with Crippen molar-refractivity contribution in [2.45, 2.75) is 70.2 Å². The van der Waals surface area contributed by atoms with Gasteiger partial charge in [0.05, 0.1) is 18.2 Å². The topological polar surface area (TPSA) is 70.6 Å². The number of carbonyl (C=O) groups is 1. The van der Waals surface area contributed by atoms with Gasteiger partial charge in [-0.15, -0.1) is 0 Å². The molecule has 1 saturated carbocycles. The van der Waals surface area contributed by atoms with Crippen LogP contribution in [0.25, 0.3) is 0 Å². The second kappa shape index (κ2) is 13.5. The molecule has 0 radical (unpaired) electrons. The smallest absolute Gasteiger partial charge is 0.251 e. The summed E-state index contributed by atoms with van der Waals surface area (Å²) < 4.78 is 33.6. The first-order valence-electron chi connectivity index (χ1n) is 13.4. The van der Waals surface area contributed by atoms with Crippen LogP contribution in [-0.4, -0.2) is 35.8 Å². The van der Waals surface area contributed by atoms with Crippen molar-refractivity contribution in [1.29, 1.82) is 0 Å². The van der Waals surface area contributed by atoms with Crippen LogP contribution >= 0.6 is 0 Å². The predicted octanol–water partition coefficient (Wildman–Crippen LogP) is 5.34. The maximum absolute atomic E-state index is 13.8. The number of aliphatic hydroxyl groups is 1. The molecular formula is C31H36F2N2O3. The molecule has 3 aromatic rings. The van der Waals surface area contributed by atoms with Crippen LogP contribution in [0, 0.1) is 11.6 Å². The average Bonchev–Trinajstić information content (AvgIpc) is 3.41. The van der Waals surface area contributed by atoms with Crippen molar-refractivity contribution in [3.63, 3.8) is 0 Å². The highest BCUT2D eigenvalue weighted by molar-refractivity contribution is 5.94. The fraction of sp³-hybridized carbons (Fsp3) is 0.387. The molecule has 1 fully saturated rings. The van der Waals surface area contributed by atoms with E-state index in [0.29, 0.717) is 17.7 Å². The summed E-state index contributed by atoms with van der Waals surface area (Å²) in [4.78, 5) is 13.1. The van der Waals surface area contributed by atoms with Gasteiger partial charge in [0.25, 0.3) is 5.91 Å². The largest absolute Gasteiger partial charge is 0.490 e. The zero-order chi connectivity index (χ0) is 26.9. The zero-order valence-electron chi connectivity index (χ0n) is 21.8. The van der Waals surface area contributed by atoms with Gasteiger partial charge in [0.2, 0.25) is 0 Å². The number of halogens is 2. The Morgan fingerprint density at radius 2 is 1.66 bits per heavy atom. The van der Waals surface area contributed by atoms with E-state index in [4.69, 9.17) is 4.74 Å². The van der Waals surface area contributed by atoms with E-state index in [9.17, 15) is 18.7 Å². The summed E-state index contributed by atoms with van der Waals surface area (Å²) in [7, 11) is 0. The number of rotatable bonds is 12. The minimum absolute atomic E-state index is 0.0669. The molecule has 0 unspecified atom stereocenters. The number of benzene rings is 3. The Balaban J connectivity index is 1.41. The third-order valence-electron chi connectivity index (χ3n) is 6.96. The van der Waals surface area contributed by atoms with E-state index in [2.05, 4.69) is 29.7 Å². The molecule has 1 aliphatic carbocycles. The van der Waals surface area contributed by atoms with Crippen LogP contribution in [0.15, 0.2) is 66.7 Å². The van der Waals surface area contributed by atoms with E-state index in [0.717, 1.165) is 36.6 Å². The summed E-state index contributed by atoms with van der Waals surface area (Å²) in [6.07, 6.45) is 4.65. The molecule has 4 rings (SSSR count). The van der Waals surface area contributed by atoms with Gasteiger partial charge in [0, 0.05) is 24.7 Å². The van der Waals surface area contributed by atoms with Gasteiger partial charge in [-0.05, 0) is 91.6 Å². The highest BCUT2D eigenvalue weighted by Crippen LogP contribution is 2.24. The number of hydrogen-bond donors (Lipinski definition) is 3. The van der Waals surface area contributed by atoms with E-state index in [1.165, 1.54) is 30.5 Å². The van der Waals surface area contributed by atoms with Crippen molar-refractivity contribution < 1.29 is 23.4 Å². The van der Waals surface area contributed by atoms with E-state index in [1.807, 2.05) is 12.1 Å². The van der Waals surface area contributed by atoms with Gasteiger partial charge >= 0.3 is 0 Å². The van der Waals surface area contributed by atoms with Gasteiger partial charge in [-0.3, -0.25) is 4.79 Å². The number of ether oxygens (including phenoxy) is 1. The second-order valence-electron chi connectivity index (χ2n) is 9.98. The number of amides is 1. The van der Waals surface area contributed by atoms with Crippen LogP contribution in [0.3, 0.4) is 0 Å². The monoisotopic (exact) mass is 522 g/mol. The molecule has 0 spiro atoms. The van der Waals surface area contributed by atoms with Crippen LogP contribution in [0.4, 0.5) is 8.78 Å². The van der Waals surface area contributed by atoms with E-state index >= 15 is 0 Å². The first-order valence-corrected chi connectivity index (χ1v) is 13.4. The van der Waals surface area contributed by atoms with Gasteiger partial charge in [-0.1, -0.05) is 31.2 Å². The Morgan fingerprint density at radius 1 is 0.974 bits per heavy atom. The Hall–Kier alpha value is -3.29. The normalized spacial score (nSPS) is 15.3. The number of aliphatic hydroxyl groups excluding tert-OH is 1. The molecule has 2 atom stereocenters. The van der Waals surface area contributed by atoms with Crippen molar-refractivity contribution in [3.05, 3.63) is 101 Å². The molecule has 5 nitrogen and oxygen atoms in total. The summed E-state index contributed by atoms with van der Waals surface area (Å²) in [5.74, 6) is -1.07. The van der Waals surface area contributed by atoms with E-state index < -0.39 is 23.8 Å². The van der Waals surface area contributed by atoms with Gasteiger partial charge in [0.15, 0.2) is 0 Å². The average molecular weight is 523 g/mol. The van der Waals surface area contributed by atoms with Gasteiger partial charge in [-0.2, -0.15) is 0 Å². The lowest BCUT2D eigenvalue weighted by Gasteiger charge is -2.25. The lowest BCUT2D eigenvalue weighted by atomic mass is 10.00. The maximum atomic E-state index is 13.8. The third kappa shape index (κ3) is 8.10. The predicted molar refractivity (Wildman–Crippen MR) is 144 cm³/mol. The summed E-state index contributed by atoms with van der Waals surface area (Å²) in [6.45, 7) is 2.82. The van der Waals surface area contributed by atoms with Crippen molar-refractivity contribution >= 4 is 5.91 Å². The second-order valence-corrected chi connectivity index (χ2v) is 9.98. The van der Waals surface area contributed by atoms with E-state index in [1.54, 1.807) is 24.3 Å². The third-order valence-corrected chi connectivity index (χ3v) is 6.96. The van der Waals surface area contributed by atoms with Crippen LogP contribution in [-0.2, 0) is 19.4 Å². The Morgan fingerprint density at radius 3 is 2.34 bits per heavy atom. The fourth-order valence-electron chi connectivity index (χ4n) is 4.87. The number of nitrogens with one attached hydrogen (secondary N) is 2. The Labute approximate surface area is 223 Å². The SMILES string of the molecule is CCc1cccc(CNC[C@H](O)[C@H](Cc2cc(F)cc(F)c2)NC(=O)c2ccc(OC3CCCC3)cc2)c1. The van der Waals surface area contributed by atoms with Gasteiger partial charge in [-0.25, -0.2) is 8.78 Å². The Bertz CT molecular complexity index is 1180. The fourth-order valence-corrected chi connectivity index (χ4v) is 4.87. The van der Waals surface area contributed by atoms with Crippen LogP contribution < -0.4 is 15.4 Å². The van der Waals surface area contributed by atoms with Crippen molar-refractivity contribution in [1.82, 2.24) is 10.6 Å². The minimum Gasteiger partial charge on any atom is -0.490 e. The van der Waals surface area contributed by atoms with Crippen molar-refractivity contribution in [3.8, 4) is 5.75 Å². The summed E-state index contributed by atoms with van der Waals surface area (Å²) >= 11 is 0. The summed E-state index contributed by atoms with van der Waals surface area (Å²) in [6, 6.07) is 17.5. The lowest BCUT2D eigenvalue weighted by molar-refractivity contribution is 0.0829. The maximum Gasteiger partial charge on any atom is 0.251 e. The molecule has 1 aliphatic rings. The number of hydrogen-bond acceptors (Lipinski definition) is 4. The van der Waals surface area contributed by atoms with Crippen molar-refractivity contribution in [2.75, 3.05) is 6.54 Å². The molecule has 202 valence electrons. The number of aryl methyl sites for hydroxylation is 1. The number of carbonyl (C=O) groups excluding carboxylic acids is 1. The van der Waals surface area contributed by atoms with Gasteiger partial charge < -0.3 is 20.5 Å². The summed E-state index contributed by atoms with van der Waals surface area (Å²) in [5.41, 5.74) is 3.07. The van der Waals surface area contributed by atoms with Gasteiger partial charge in [0.1, 0.15) is 17.4 Å². The quantitative estimate of drug-likeness (QED) is 0.300. The van der Waals surface area contributed by atoms with Crippen LogP contribution in [0.2, 0.25) is 0 Å². The first kappa shape index (κ1) is 27.7. The van der Waals surface area contributed by atoms with Crippen LogP contribution in [0.1, 0.15) is 59.7 Å². The molecule has 0 saturated heterocycles. The molecular weight excluding hydrogens is 486 g/mol. The first-order chi connectivity index (χ1) is 18.4. The van der Waals surface area contributed by atoms with Crippen LogP contribution in [0.5, 0.6) is 5.75 Å². The van der Waals surface area contributed by atoms with Crippen molar-refractivity contribution in [2.24, 2.45) is 0 Å². The summed E-state index contributed by atoms with van der Waals surface area (Å²) in [5, 5.41) is 17.1. The zero-order valence-corrected chi connectivity index (χ0v) is 21.8. The minimum atomic E-state index is -0.996. The highest BCUT2D eigenvalue weighted by Gasteiger charge is 2.23. The molecule has 0 bridgehead atoms. The standard InChI is InChI=1S/C31H36F2N2O3/c1-2-21-6-5-7-22(14-21)19-34-20-30(36)29(17-23-15-25(32)18-26(33)16-23)35-31(37)24-10-12-28(13-11-24)38-27-8-3-4-9-27/h5-7,10-16,18,27,29-30,34,36H,2-4,8-9,17,19-20H2,1H3,(H,35,37)/t29-,30-/m0/s1. The van der Waals surface area contributed by atoms with E-state index in [-0.39, 0.29) is 25.0 Å². The highest BCUT2D eigenvalue weighted by atomic mass is 19.1. The Kier molecular flexibility index (Phi) is 9.85. The molecule has 3 N–H and O–H groups in total. The molecule has 0 heterocycles. The molecule has 38 heavy (non-hydrogen) atoms.